The second-order valence-corrected chi connectivity index (χ2v) is 9.13. The topological polar surface area (TPSA) is 144 Å². The fraction of sp³-hybridized carbons (Fsp3) is 0.261. The molecule has 3 aromatic rings. The number of nitrogens with zero attached hydrogens (tertiary/aromatic N) is 1. The Labute approximate surface area is 192 Å². The highest BCUT2D eigenvalue weighted by Crippen LogP contribution is 2.31. The van der Waals surface area contributed by atoms with Crippen molar-refractivity contribution in [3.8, 4) is 17.0 Å². The van der Waals surface area contributed by atoms with Gasteiger partial charge in [0.1, 0.15) is 17.7 Å². The molecule has 0 aliphatic rings. The summed E-state index contributed by atoms with van der Waals surface area (Å²) >= 11 is 0. The van der Waals surface area contributed by atoms with Crippen molar-refractivity contribution in [3.63, 3.8) is 0 Å². The summed E-state index contributed by atoms with van der Waals surface area (Å²) in [6.45, 7) is 2.41. The van der Waals surface area contributed by atoms with Crippen LogP contribution in [-0.4, -0.2) is 42.5 Å². The Hall–Kier alpha value is -3.34. The van der Waals surface area contributed by atoms with Crippen molar-refractivity contribution in [2.24, 2.45) is 5.73 Å². The lowest BCUT2D eigenvalue weighted by molar-refractivity contribution is 0.0685. The summed E-state index contributed by atoms with van der Waals surface area (Å²) < 4.78 is 35.9. The minimum atomic E-state index is -4.02. The predicted octanol–water partition coefficient (Wildman–Crippen LogP) is 2.89. The van der Waals surface area contributed by atoms with Gasteiger partial charge < -0.3 is 25.3 Å². The van der Waals surface area contributed by atoms with E-state index < -0.39 is 22.2 Å². The highest BCUT2D eigenvalue weighted by Gasteiger charge is 2.21. The largest absolute Gasteiger partial charge is 0.496 e. The fourth-order valence-corrected chi connectivity index (χ4v) is 4.81. The van der Waals surface area contributed by atoms with Gasteiger partial charge in [0.2, 0.25) is 0 Å². The van der Waals surface area contributed by atoms with Gasteiger partial charge in [-0.3, -0.25) is 4.72 Å². The first-order chi connectivity index (χ1) is 15.7. The van der Waals surface area contributed by atoms with Crippen molar-refractivity contribution in [2.75, 3.05) is 11.8 Å². The minimum Gasteiger partial charge on any atom is -0.496 e. The number of ether oxygens (including phenoxy) is 1. The molecule has 0 radical (unpaired) electrons. The molecule has 0 spiro atoms. The van der Waals surface area contributed by atoms with Crippen LogP contribution in [0.25, 0.3) is 11.3 Å². The summed E-state index contributed by atoms with van der Waals surface area (Å²) in [7, 11) is -2.57. The molecule has 9 nitrogen and oxygen atoms in total. The van der Waals surface area contributed by atoms with E-state index in [1.54, 1.807) is 41.0 Å². The minimum absolute atomic E-state index is 0.00295. The Morgan fingerprint density at radius 3 is 2.55 bits per heavy atom. The van der Waals surface area contributed by atoms with Gasteiger partial charge in [-0.1, -0.05) is 25.1 Å². The fourth-order valence-electron chi connectivity index (χ4n) is 3.67. The van der Waals surface area contributed by atoms with Crippen LogP contribution in [0.5, 0.6) is 5.75 Å². The Morgan fingerprint density at radius 2 is 1.91 bits per heavy atom. The zero-order chi connectivity index (χ0) is 24.2. The second kappa shape index (κ2) is 10.1. The Kier molecular flexibility index (Phi) is 7.42. The molecule has 0 fully saturated rings. The zero-order valence-corrected chi connectivity index (χ0v) is 19.2. The maximum Gasteiger partial charge on any atom is 0.352 e. The molecule has 0 saturated heterocycles. The number of sulfonamides is 1. The number of aromatic carboxylic acids is 1. The third-order valence-corrected chi connectivity index (χ3v) is 6.46. The lowest BCUT2D eigenvalue weighted by Crippen LogP contribution is -2.23. The van der Waals surface area contributed by atoms with Crippen molar-refractivity contribution < 1.29 is 28.2 Å². The van der Waals surface area contributed by atoms with E-state index in [0.717, 1.165) is 0 Å². The smallest absolute Gasteiger partial charge is 0.352 e. The Bertz CT molecular complexity index is 1250. The first-order valence-electron chi connectivity index (χ1n) is 10.3. The molecular formula is C23H27N3O6S. The van der Waals surface area contributed by atoms with E-state index in [9.17, 15) is 23.4 Å². The van der Waals surface area contributed by atoms with Gasteiger partial charge in [-0.2, -0.15) is 0 Å². The van der Waals surface area contributed by atoms with Crippen molar-refractivity contribution in [2.45, 2.75) is 37.4 Å². The van der Waals surface area contributed by atoms with E-state index >= 15 is 0 Å². The van der Waals surface area contributed by atoms with E-state index in [2.05, 4.69) is 4.72 Å². The molecule has 0 saturated carbocycles. The average Bonchev–Trinajstić information content (AvgIpc) is 3.19. The summed E-state index contributed by atoms with van der Waals surface area (Å²) in [6.07, 6.45) is -0.486. The second-order valence-electron chi connectivity index (χ2n) is 7.45. The molecule has 3 rings (SSSR count). The number of benzene rings is 2. The molecule has 0 aliphatic carbocycles. The van der Waals surface area contributed by atoms with Gasteiger partial charge in [0.15, 0.2) is 0 Å². The number of anilines is 1. The van der Waals surface area contributed by atoms with Crippen LogP contribution in [-0.2, 0) is 23.0 Å². The van der Waals surface area contributed by atoms with Gasteiger partial charge in [-0.15, -0.1) is 0 Å². The number of carboxylic acids is 1. The molecule has 0 bridgehead atoms. The first-order valence-corrected chi connectivity index (χ1v) is 11.8. The van der Waals surface area contributed by atoms with Crippen molar-refractivity contribution in [1.29, 1.82) is 0 Å². The Morgan fingerprint density at radius 1 is 1.18 bits per heavy atom. The molecular weight excluding hydrogens is 446 g/mol. The normalized spacial score (nSPS) is 12.4. The van der Waals surface area contributed by atoms with E-state index in [4.69, 9.17) is 10.5 Å². The van der Waals surface area contributed by atoms with Gasteiger partial charge in [0.05, 0.1) is 17.7 Å². The van der Waals surface area contributed by atoms with Gasteiger partial charge in [0, 0.05) is 24.2 Å². The number of methoxy groups -OCH3 is 1. The predicted molar refractivity (Wildman–Crippen MR) is 125 cm³/mol. The van der Waals surface area contributed by atoms with Crippen LogP contribution in [0.2, 0.25) is 0 Å². The van der Waals surface area contributed by atoms with Crippen molar-refractivity contribution >= 4 is 21.7 Å². The third kappa shape index (κ3) is 5.36. The standard InChI is InChI=1S/C23H27N3O6S/c1-3-12-26-19(10-11-20(26)23(28)29)15-6-4-7-16(13-15)33(30,31)25-18-8-5-9-21(32-2)17(18)14-22(24)27/h4-11,13,22,25,27H,3,12,14,24H2,1-2H3,(H,28,29). The van der Waals surface area contributed by atoms with E-state index in [-0.39, 0.29) is 22.7 Å². The number of carbonyl (C=O) groups is 1. The van der Waals surface area contributed by atoms with E-state index in [1.165, 1.54) is 25.3 Å². The van der Waals surface area contributed by atoms with Crippen molar-refractivity contribution in [1.82, 2.24) is 4.57 Å². The van der Waals surface area contributed by atoms with Gasteiger partial charge in [0.25, 0.3) is 10.0 Å². The third-order valence-electron chi connectivity index (χ3n) is 5.10. The van der Waals surface area contributed by atoms with Crippen LogP contribution in [0, 0.1) is 0 Å². The Balaban J connectivity index is 2.02. The number of carboxylic acid groups (broad SMARTS) is 1. The summed E-state index contributed by atoms with van der Waals surface area (Å²) in [5.41, 5.74) is 7.51. The van der Waals surface area contributed by atoms with Crippen LogP contribution < -0.4 is 15.2 Å². The van der Waals surface area contributed by atoms with Crippen molar-refractivity contribution in [3.05, 3.63) is 65.9 Å². The van der Waals surface area contributed by atoms with Gasteiger partial charge in [-0.25, -0.2) is 13.2 Å². The summed E-state index contributed by atoms with van der Waals surface area (Å²) in [6, 6.07) is 14.3. The maximum absolute atomic E-state index is 13.2. The van der Waals surface area contributed by atoms with Gasteiger partial charge in [-0.05, 0) is 48.4 Å². The molecule has 33 heavy (non-hydrogen) atoms. The number of nitrogens with two attached hydrogens (primary N) is 1. The SMILES string of the molecule is CCCn1c(C(=O)O)ccc1-c1cccc(S(=O)(=O)Nc2cccc(OC)c2CC(N)O)c1. The zero-order valence-electron chi connectivity index (χ0n) is 18.4. The number of hydrogen-bond donors (Lipinski definition) is 4. The molecule has 1 unspecified atom stereocenters. The molecule has 176 valence electrons. The van der Waals surface area contributed by atoms with Gasteiger partial charge >= 0.3 is 5.97 Å². The van der Waals surface area contributed by atoms with Crippen LogP contribution in [0.1, 0.15) is 29.4 Å². The monoisotopic (exact) mass is 473 g/mol. The molecule has 1 atom stereocenters. The number of nitrogens with one attached hydrogen (secondary N) is 1. The summed E-state index contributed by atoms with van der Waals surface area (Å²) in [4.78, 5) is 11.6. The first kappa shape index (κ1) is 24.3. The lowest BCUT2D eigenvalue weighted by atomic mass is 10.1. The number of hydrogen-bond acceptors (Lipinski definition) is 6. The van der Waals surface area contributed by atoms with Crippen LogP contribution in [0.15, 0.2) is 59.5 Å². The molecule has 5 N–H and O–H groups in total. The number of aliphatic hydroxyl groups excluding tert-OH is 1. The summed E-state index contributed by atoms with van der Waals surface area (Å²) in [5, 5.41) is 19.1. The molecule has 1 aromatic heterocycles. The highest BCUT2D eigenvalue weighted by atomic mass is 32.2. The molecule has 10 heteroatoms. The van der Waals surface area contributed by atoms with Crippen LogP contribution in [0.3, 0.4) is 0 Å². The summed E-state index contributed by atoms with van der Waals surface area (Å²) in [5.74, 6) is -0.653. The maximum atomic E-state index is 13.2. The van der Waals surface area contributed by atoms with E-state index in [0.29, 0.717) is 35.5 Å². The number of aliphatic hydroxyl groups is 1. The lowest BCUT2D eigenvalue weighted by Gasteiger charge is -2.17. The van der Waals surface area contributed by atoms with Crippen LogP contribution in [0.4, 0.5) is 5.69 Å². The number of aromatic nitrogens is 1. The molecule has 0 aliphatic heterocycles. The van der Waals surface area contributed by atoms with Crippen LogP contribution >= 0.6 is 0 Å². The molecule has 0 amide bonds. The van der Waals surface area contributed by atoms with E-state index in [1.807, 2.05) is 6.92 Å². The molecule has 1 heterocycles. The average molecular weight is 474 g/mol. The highest BCUT2D eigenvalue weighted by molar-refractivity contribution is 7.92. The molecule has 2 aromatic carbocycles. The quantitative estimate of drug-likeness (QED) is 0.331. The number of rotatable bonds is 10.